The molecule has 15 heavy (non-hydrogen) atoms. The van der Waals surface area contributed by atoms with Crippen LogP contribution in [0.5, 0.6) is 0 Å². The van der Waals surface area contributed by atoms with Gasteiger partial charge in [-0.1, -0.05) is 59.8 Å². The van der Waals surface area contributed by atoms with E-state index in [1.54, 1.807) is 0 Å². The van der Waals surface area contributed by atoms with Crippen LogP contribution in [0.25, 0.3) is 0 Å². The van der Waals surface area contributed by atoms with Crippen molar-refractivity contribution in [3.05, 3.63) is 23.8 Å². The van der Waals surface area contributed by atoms with E-state index in [1.807, 2.05) is 0 Å². The van der Waals surface area contributed by atoms with Gasteiger partial charge in [0.2, 0.25) is 0 Å². The highest BCUT2D eigenvalue weighted by Crippen LogP contribution is 2.34. The van der Waals surface area contributed by atoms with Gasteiger partial charge in [-0.2, -0.15) is 0 Å². The first-order valence-corrected chi connectivity index (χ1v) is 6.07. The molecule has 0 N–H and O–H groups in total. The summed E-state index contributed by atoms with van der Waals surface area (Å²) >= 11 is 0. The average Bonchev–Trinajstić information content (AvgIpc) is 2.00. The van der Waals surface area contributed by atoms with Gasteiger partial charge in [0.05, 0.1) is 0 Å². The zero-order chi connectivity index (χ0) is 11.7. The van der Waals surface area contributed by atoms with Gasteiger partial charge < -0.3 is 0 Å². The predicted molar refractivity (Wildman–Crippen MR) is 68.9 cm³/mol. The molecule has 0 aromatic rings. The van der Waals surface area contributed by atoms with Gasteiger partial charge in [0.1, 0.15) is 0 Å². The van der Waals surface area contributed by atoms with Crippen molar-refractivity contribution in [1.29, 1.82) is 0 Å². The molecule has 0 radical (unpaired) electrons. The predicted octanol–water partition coefficient (Wildman–Crippen LogP) is 4.97. The molecule has 0 bridgehead atoms. The summed E-state index contributed by atoms with van der Waals surface area (Å²) in [5.74, 6) is 0.746. The van der Waals surface area contributed by atoms with E-state index in [4.69, 9.17) is 0 Å². The molecule has 1 aliphatic carbocycles. The Morgan fingerprint density at radius 2 is 1.73 bits per heavy atom. The van der Waals surface area contributed by atoms with Crippen LogP contribution in [0.15, 0.2) is 23.8 Å². The van der Waals surface area contributed by atoms with Crippen molar-refractivity contribution < 1.29 is 0 Å². The molecule has 86 valence electrons. The van der Waals surface area contributed by atoms with Crippen LogP contribution in [0.1, 0.15) is 54.4 Å². The van der Waals surface area contributed by atoms with E-state index < -0.39 is 0 Å². The zero-order valence-electron chi connectivity index (χ0n) is 11.2. The molecule has 1 rings (SSSR count). The Kier molecular flexibility index (Phi) is 3.48. The maximum absolute atomic E-state index is 2.43. The largest absolute Gasteiger partial charge is 0.0808 e. The Labute approximate surface area is 95.5 Å². The van der Waals surface area contributed by atoms with Crippen LogP contribution in [0.3, 0.4) is 0 Å². The molecule has 0 spiro atoms. The minimum Gasteiger partial charge on any atom is -0.0808 e. The lowest BCUT2D eigenvalue weighted by Gasteiger charge is -2.28. The van der Waals surface area contributed by atoms with E-state index in [-0.39, 0.29) is 0 Å². The standard InChI is InChI=1S/C15H26/c1-14(2,3)11-12-7-9-13(10-8-12)15(4,5)6/h7,9-10,12H,8,11H2,1-6H3. The first-order chi connectivity index (χ1) is 6.68. The lowest BCUT2D eigenvalue weighted by molar-refractivity contribution is 0.324. The fourth-order valence-electron chi connectivity index (χ4n) is 2.16. The maximum Gasteiger partial charge on any atom is -0.0135 e. The first kappa shape index (κ1) is 12.5. The van der Waals surface area contributed by atoms with Crippen LogP contribution >= 0.6 is 0 Å². The van der Waals surface area contributed by atoms with Gasteiger partial charge >= 0.3 is 0 Å². The Balaban J connectivity index is 2.57. The molecular formula is C15H26. The quantitative estimate of drug-likeness (QED) is 0.568. The van der Waals surface area contributed by atoms with Gasteiger partial charge in [-0.25, -0.2) is 0 Å². The van der Waals surface area contributed by atoms with E-state index in [0.717, 1.165) is 5.92 Å². The molecule has 0 saturated heterocycles. The Hall–Kier alpha value is -0.520. The minimum atomic E-state index is 0.309. The molecule has 1 aliphatic rings. The molecular weight excluding hydrogens is 180 g/mol. The van der Waals surface area contributed by atoms with Gasteiger partial charge in [0.15, 0.2) is 0 Å². The molecule has 1 atom stereocenters. The molecule has 0 saturated carbocycles. The highest BCUT2D eigenvalue weighted by molar-refractivity contribution is 5.28. The third-order valence-corrected chi connectivity index (χ3v) is 2.93. The van der Waals surface area contributed by atoms with Gasteiger partial charge in [-0.15, -0.1) is 0 Å². The Bertz CT molecular complexity index is 265. The van der Waals surface area contributed by atoms with E-state index >= 15 is 0 Å². The fraction of sp³-hybridized carbons (Fsp3) is 0.733. The summed E-state index contributed by atoms with van der Waals surface area (Å²) in [6.45, 7) is 13.8. The third kappa shape index (κ3) is 4.24. The normalized spacial score (nSPS) is 22.8. The number of hydrogen-bond donors (Lipinski definition) is 0. The summed E-state index contributed by atoms with van der Waals surface area (Å²) in [6, 6.07) is 0. The zero-order valence-corrected chi connectivity index (χ0v) is 11.2. The van der Waals surface area contributed by atoms with Crippen molar-refractivity contribution in [1.82, 2.24) is 0 Å². The van der Waals surface area contributed by atoms with Crippen molar-refractivity contribution in [2.75, 3.05) is 0 Å². The topological polar surface area (TPSA) is 0 Å². The van der Waals surface area contributed by atoms with Gasteiger partial charge in [-0.3, -0.25) is 0 Å². The fourth-order valence-corrected chi connectivity index (χ4v) is 2.16. The monoisotopic (exact) mass is 206 g/mol. The van der Waals surface area contributed by atoms with Crippen molar-refractivity contribution >= 4 is 0 Å². The summed E-state index contributed by atoms with van der Waals surface area (Å²) < 4.78 is 0. The van der Waals surface area contributed by atoms with Gasteiger partial charge in [0, 0.05) is 0 Å². The molecule has 0 nitrogen and oxygen atoms in total. The van der Waals surface area contributed by atoms with E-state index in [1.165, 1.54) is 18.4 Å². The number of rotatable bonds is 1. The SMILES string of the molecule is CC(C)(C)CC1C=CC(C(C)(C)C)=CC1. The second-order valence-electron chi connectivity index (χ2n) is 7.03. The molecule has 0 fully saturated rings. The number of allylic oxidation sites excluding steroid dienone is 4. The van der Waals surface area contributed by atoms with E-state index in [0.29, 0.717) is 10.8 Å². The molecule has 0 amide bonds. The lowest BCUT2D eigenvalue weighted by Crippen LogP contribution is -2.15. The van der Waals surface area contributed by atoms with E-state index in [2.05, 4.69) is 59.8 Å². The minimum absolute atomic E-state index is 0.309. The highest BCUT2D eigenvalue weighted by atomic mass is 14.3. The van der Waals surface area contributed by atoms with Crippen molar-refractivity contribution in [2.45, 2.75) is 54.4 Å². The molecule has 0 aromatic heterocycles. The highest BCUT2D eigenvalue weighted by Gasteiger charge is 2.21. The van der Waals surface area contributed by atoms with Crippen LogP contribution < -0.4 is 0 Å². The van der Waals surface area contributed by atoms with Crippen LogP contribution in [-0.2, 0) is 0 Å². The summed E-state index contributed by atoms with van der Waals surface area (Å²) in [6.07, 6.45) is 9.68. The van der Waals surface area contributed by atoms with Gasteiger partial charge in [0.25, 0.3) is 0 Å². The summed E-state index contributed by atoms with van der Waals surface area (Å²) in [7, 11) is 0. The smallest absolute Gasteiger partial charge is 0.0135 e. The average molecular weight is 206 g/mol. The second-order valence-corrected chi connectivity index (χ2v) is 7.03. The molecule has 0 aromatic carbocycles. The van der Waals surface area contributed by atoms with Crippen LogP contribution in [-0.4, -0.2) is 0 Å². The van der Waals surface area contributed by atoms with Gasteiger partial charge in [-0.05, 0) is 35.2 Å². The molecule has 1 unspecified atom stereocenters. The van der Waals surface area contributed by atoms with Crippen molar-refractivity contribution in [3.8, 4) is 0 Å². The van der Waals surface area contributed by atoms with Crippen molar-refractivity contribution in [3.63, 3.8) is 0 Å². The van der Waals surface area contributed by atoms with Crippen LogP contribution in [0.4, 0.5) is 0 Å². The number of hydrogen-bond acceptors (Lipinski definition) is 0. The molecule has 0 heteroatoms. The van der Waals surface area contributed by atoms with Crippen LogP contribution in [0, 0.1) is 16.7 Å². The Morgan fingerprint density at radius 3 is 2.07 bits per heavy atom. The maximum atomic E-state index is 2.43. The summed E-state index contributed by atoms with van der Waals surface area (Å²) in [4.78, 5) is 0. The third-order valence-electron chi connectivity index (χ3n) is 2.93. The molecule has 0 heterocycles. The van der Waals surface area contributed by atoms with Crippen LogP contribution in [0.2, 0.25) is 0 Å². The van der Waals surface area contributed by atoms with E-state index in [9.17, 15) is 0 Å². The second kappa shape index (κ2) is 4.15. The first-order valence-electron chi connectivity index (χ1n) is 6.07. The lowest BCUT2D eigenvalue weighted by atomic mass is 9.77. The summed E-state index contributed by atoms with van der Waals surface area (Å²) in [5, 5.41) is 0. The Morgan fingerprint density at radius 1 is 1.13 bits per heavy atom. The molecule has 0 aliphatic heterocycles. The summed E-state index contributed by atoms with van der Waals surface area (Å²) in [5.41, 5.74) is 2.25. The van der Waals surface area contributed by atoms with Crippen molar-refractivity contribution in [2.24, 2.45) is 16.7 Å².